The van der Waals surface area contributed by atoms with E-state index in [4.69, 9.17) is 9.84 Å². The van der Waals surface area contributed by atoms with Crippen LogP contribution in [0, 0.1) is 10.1 Å². The summed E-state index contributed by atoms with van der Waals surface area (Å²) < 4.78 is 8.20. The van der Waals surface area contributed by atoms with Gasteiger partial charge in [0.1, 0.15) is 5.75 Å². The SMILES string of the molecule is O=[N+]([O-])c1cccc([C@H]2Oc3c(Br)cc(Br)cc3[C@H]3CC(c4ccc5ccccc5c4)=NN32)c1. The zero-order chi connectivity index (χ0) is 23.4. The van der Waals surface area contributed by atoms with Gasteiger partial charge in [-0.05, 0) is 50.5 Å². The van der Waals surface area contributed by atoms with Crippen molar-refractivity contribution >= 4 is 54.0 Å². The Morgan fingerprint density at radius 2 is 1.79 bits per heavy atom. The molecule has 0 spiro atoms. The molecule has 0 N–H and O–H groups in total. The van der Waals surface area contributed by atoms with Gasteiger partial charge in [0.25, 0.3) is 5.69 Å². The first-order valence-electron chi connectivity index (χ1n) is 10.7. The molecule has 4 aromatic rings. The fraction of sp³-hybridized carbons (Fsp3) is 0.115. The number of rotatable bonds is 3. The molecule has 168 valence electrons. The topological polar surface area (TPSA) is 68.0 Å². The van der Waals surface area contributed by atoms with Crippen LogP contribution in [0.15, 0.2) is 92.9 Å². The normalized spacial score (nSPS) is 18.8. The van der Waals surface area contributed by atoms with Crippen molar-refractivity contribution in [2.45, 2.75) is 18.7 Å². The third-order valence-corrected chi connectivity index (χ3v) is 7.30. The lowest BCUT2D eigenvalue weighted by Crippen LogP contribution is -2.34. The van der Waals surface area contributed by atoms with E-state index in [0.717, 1.165) is 36.9 Å². The molecule has 0 bridgehead atoms. The lowest BCUT2D eigenvalue weighted by molar-refractivity contribution is -0.385. The van der Waals surface area contributed by atoms with E-state index in [9.17, 15) is 10.1 Å². The highest BCUT2D eigenvalue weighted by atomic mass is 79.9. The van der Waals surface area contributed by atoms with Crippen molar-refractivity contribution < 1.29 is 9.66 Å². The second-order valence-corrected chi connectivity index (χ2v) is 10.1. The largest absolute Gasteiger partial charge is 0.463 e. The van der Waals surface area contributed by atoms with Crippen LogP contribution in [0.4, 0.5) is 5.69 Å². The second-order valence-electron chi connectivity index (χ2n) is 8.34. The van der Waals surface area contributed by atoms with E-state index in [1.54, 1.807) is 12.1 Å². The summed E-state index contributed by atoms with van der Waals surface area (Å²) in [4.78, 5) is 11.0. The number of fused-ring (bicyclic) bond motifs is 4. The molecule has 0 aromatic heterocycles. The smallest absolute Gasteiger partial charge is 0.269 e. The summed E-state index contributed by atoms with van der Waals surface area (Å²) in [6, 6.07) is 25.1. The Balaban J connectivity index is 1.48. The summed E-state index contributed by atoms with van der Waals surface area (Å²) in [6.07, 6.45) is 0.107. The van der Waals surface area contributed by atoms with Gasteiger partial charge in [-0.2, -0.15) is 5.10 Å². The van der Waals surface area contributed by atoms with Gasteiger partial charge in [0, 0.05) is 34.2 Å². The number of hydrogen-bond acceptors (Lipinski definition) is 5. The molecule has 8 heteroatoms. The van der Waals surface area contributed by atoms with Crippen molar-refractivity contribution in [2.24, 2.45) is 5.10 Å². The summed E-state index contributed by atoms with van der Waals surface area (Å²) in [6.45, 7) is 0. The van der Waals surface area contributed by atoms with E-state index in [1.165, 1.54) is 11.5 Å². The van der Waals surface area contributed by atoms with Crippen LogP contribution in [0.2, 0.25) is 0 Å². The maximum atomic E-state index is 11.4. The molecular formula is C26H17Br2N3O3. The number of ether oxygens (including phenoxy) is 1. The molecule has 6 rings (SSSR count). The number of non-ortho nitro benzene ring substituents is 1. The van der Waals surface area contributed by atoms with Crippen LogP contribution in [0.25, 0.3) is 10.8 Å². The van der Waals surface area contributed by atoms with E-state index < -0.39 is 11.2 Å². The van der Waals surface area contributed by atoms with Crippen LogP contribution in [-0.4, -0.2) is 15.6 Å². The average Bonchev–Trinajstić information content (AvgIpc) is 3.29. The van der Waals surface area contributed by atoms with Crippen molar-refractivity contribution in [3.63, 3.8) is 0 Å². The zero-order valence-corrected chi connectivity index (χ0v) is 20.9. The van der Waals surface area contributed by atoms with Gasteiger partial charge in [-0.15, -0.1) is 0 Å². The first kappa shape index (κ1) is 21.3. The molecule has 0 amide bonds. The minimum absolute atomic E-state index is 0.0243. The van der Waals surface area contributed by atoms with Crippen LogP contribution in [0.1, 0.15) is 35.4 Å². The molecule has 0 aliphatic carbocycles. The van der Waals surface area contributed by atoms with E-state index >= 15 is 0 Å². The van der Waals surface area contributed by atoms with E-state index in [2.05, 4.69) is 68.3 Å². The van der Waals surface area contributed by atoms with Gasteiger partial charge in [-0.1, -0.05) is 64.5 Å². The van der Waals surface area contributed by atoms with Crippen molar-refractivity contribution in [3.8, 4) is 5.75 Å². The first-order chi connectivity index (χ1) is 16.5. The summed E-state index contributed by atoms with van der Waals surface area (Å²) in [7, 11) is 0. The van der Waals surface area contributed by atoms with Crippen molar-refractivity contribution in [2.75, 3.05) is 0 Å². The lowest BCUT2D eigenvalue weighted by atomic mass is 9.95. The molecule has 4 aromatic carbocycles. The minimum Gasteiger partial charge on any atom is -0.463 e. The predicted molar refractivity (Wildman–Crippen MR) is 138 cm³/mol. The molecule has 2 aliphatic heterocycles. The monoisotopic (exact) mass is 577 g/mol. The fourth-order valence-electron chi connectivity index (χ4n) is 4.67. The molecule has 6 nitrogen and oxygen atoms in total. The molecule has 0 fully saturated rings. The van der Waals surface area contributed by atoms with Crippen LogP contribution in [0.3, 0.4) is 0 Å². The molecule has 0 saturated heterocycles. The van der Waals surface area contributed by atoms with Gasteiger partial charge in [0.05, 0.1) is 21.1 Å². The van der Waals surface area contributed by atoms with E-state index in [-0.39, 0.29) is 11.7 Å². The summed E-state index contributed by atoms with van der Waals surface area (Å²) >= 11 is 7.23. The molecule has 2 aliphatic rings. The molecule has 2 atom stereocenters. The van der Waals surface area contributed by atoms with Gasteiger partial charge in [-0.3, -0.25) is 10.1 Å². The summed E-state index contributed by atoms with van der Waals surface area (Å²) in [5, 5.41) is 20.7. The van der Waals surface area contributed by atoms with Gasteiger partial charge >= 0.3 is 0 Å². The number of nitro benzene ring substituents is 1. The number of nitrogens with zero attached hydrogens (tertiary/aromatic N) is 3. The van der Waals surface area contributed by atoms with Crippen LogP contribution in [-0.2, 0) is 0 Å². The maximum Gasteiger partial charge on any atom is 0.269 e. The molecule has 0 radical (unpaired) electrons. The number of benzene rings is 4. The highest BCUT2D eigenvalue weighted by Crippen LogP contribution is 2.51. The molecule has 0 unspecified atom stereocenters. The van der Waals surface area contributed by atoms with Gasteiger partial charge in [0.2, 0.25) is 6.23 Å². The third kappa shape index (κ3) is 3.58. The standard InChI is InChI=1S/C26H17Br2N3O3/c27-19-12-21-24-14-23(17-9-8-15-4-1-2-5-16(15)10-17)29-30(24)26(34-25(21)22(28)13-19)18-6-3-7-20(11-18)31(32)33/h1-13,24,26H,14H2/t24-,26-/m1/s1. The maximum absolute atomic E-state index is 11.4. The van der Waals surface area contributed by atoms with E-state index in [1.807, 2.05) is 29.3 Å². The number of hydrazone groups is 1. The van der Waals surface area contributed by atoms with Crippen LogP contribution >= 0.6 is 31.9 Å². The Bertz CT molecular complexity index is 1500. The highest BCUT2D eigenvalue weighted by molar-refractivity contribution is 9.11. The molecule has 2 heterocycles. The molecular weight excluding hydrogens is 562 g/mol. The second kappa shape index (κ2) is 8.21. The van der Waals surface area contributed by atoms with Crippen LogP contribution < -0.4 is 4.74 Å². The number of hydrogen-bond donors (Lipinski definition) is 0. The fourth-order valence-corrected chi connectivity index (χ4v) is 6.02. The lowest BCUT2D eigenvalue weighted by Gasteiger charge is -2.38. The quantitative estimate of drug-likeness (QED) is 0.186. The Morgan fingerprint density at radius 3 is 2.62 bits per heavy atom. The summed E-state index contributed by atoms with van der Waals surface area (Å²) in [5.41, 5.74) is 3.74. The van der Waals surface area contributed by atoms with Gasteiger partial charge < -0.3 is 4.74 Å². The Kier molecular flexibility index (Phi) is 5.15. The predicted octanol–water partition coefficient (Wildman–Crippen LogP) is 7.52. The Morgan fingerprint density at radius 1 is 0.971 bits per heavy atom. The summed E-state index contributed by atoms with van der Waals surface area (Å²) in [5.74, 6) is 0.732. The van der Waals surface area contributed by atoms with Crippen LogP contribution in [0.5, 0.6) is 5.75 Å². The Hall–Kier alpha value is -3.23. The van der Waals surface area contributed by atoms with Crippen molar-refractivity contribution in [3.05, 3.63) is 115 Å². The molecule has 0 saturated carbocycles. The number of halogens is 2. The highest BCUT2D eigenvalue weighted by Gasteiger charge is 2.42. The Labute approximate surface area is 212 Å². The van der Waals surface area contributed by atoms with Gasteiger partial charge in [0.15, 0.2) is 0 Å². The zero-order valence-electron chi connectivity index (χ0n) is 17.7. The minimum atomic E-state index is -0.590. The van der Waals surface area contributed by atoms with E-state index in [0.29, 0.717) is 12.0 Å². The first-order valence-corrected chi connectivity index (χ1v) is 12.3. The third-order valence-electron chi connectivity index (χ3n) is 6.26. The van der Waals surface area contributed by atoms with Crippen molar-refractivity contribution in [1.82, 2.24) is 5.01 Å². The van der Waals surface area contributed by atoms with Crippen molar-refractivity contribution in [1.29, 1.82) is 0 Å². The van der Waals surface area contributed by atoms with Gasteiger partial charge in [-0.25, -0.2) is 5.01 Å². The average molecular weight is 579 g/mol. The molecule has 34 heavy (non-hydrogen) atoms. The number of nitro groups is 1.